The number of hydrogen-bond acceptors (Lipinski definition) is 7. The number of imide groups is 1. The van der Waals surface area contributed by atoms with E-state index < -0.39 is 28.6 Å². The molecule has 9 heteroatoms. The van der Waals surface area contributed by atoms with Crippen molar-refractivity contribution in [1.82, 2.24) is 9.80 Å². The lowest BCUT2D eigenvalue weighted by Crippen LogP contribution is -2.36. The molecule has 1 aliphatic rings. The van der Waals surface area contributed by atoms with Gasteiger partial charge >= 0.3 is 0 Å². The Hall–Kier alpha value is -3.59. The van der Waals surface area contributed by atoms with Crippen molar-refractivity contribution < 1.29 is 29.4 Å². The average Bonchev–Trinajstić information content (AvgIpc) is 3.01. The number of aromatic hydroxyl groups is 2. The highest BCUT2D eigenvalue weighted by Crippen LogP contribution is 2.32. The summed E-state index contributed by atoms with van der Waals surface area (Å²) >= 11 is 0.823. The van der Waals surface area contributed by atoms with Gasteiger partial charge in [-0.05, 0) is 41.6 Å². The quantitative estimate of drug-likeness (QED) is 0.386. The van der Waals surface area contributed by atoms with Crippen molar-refractivity contribution in [3.8, 4) is 11.5 Å². The number of Topliss-reactive ketones (excluding diaryl/α,β-unsaturated/α-hetero) is 1. The summed E-state index contributed by atoms with van der Waals surface area (Å²) in [6.45, 7) is -0.340. The van der Waals surface area contributed by atoms with E-state index in [1.807, 2.05) is 30.3 Å². The number of carbonyl (C=O) groups excluding carboxylic acids is 4. The highest BCUT2D eigenvalue weighted by molar-refractivity contribution is 8.18. The number of rotatable bonds is 7. The second kappa shape index (κ2) is 9.48. The van der Waals surface area contributed by atoms with Gasteiger partial charge in [-0.2, -0.15) is 0 Å². The fraction of sp³-hybridized carbons (Fsp3) is 0.182. The van der Waals surface area contributed by atoms with Crippen molar-refractivity contribution in [1.29, 1.82) is 0 Å². The predicted octanol–water partition coefficient (Wildman–Crippen LogP) is 2.87. The number of hydrogen-bond donors (Lipinski definition) is 2. The van der Waals surface area contributed by atoms with Crippen molar-refractivity contribution in [2.75, 3.05) is 20.1 Å². The highest BCUT2D eigenvalue weighted by Gasteiger charge is 2.35. The van der Waals surface area contributed by atoms with Crippen LogP contribution >= 0.6 is 11.8 Å². The molecule has 2 aromatic carbocycles. The molecule has 2 N–H and O–H groups in total. The molecule has 1 aliphatic heterocycles. The van der Waals surface area contributed by atoms with Crippen LogP contribution in [0.3, 0.4) is 0 Å². The third kappa shape index (κ3) is 5.32. The maximum absolute atomic E-state index is 12.5. The number of phenols is 2. The van der Waals surface area contributed by atoms with Crippen LogP contribution in [0.1, 0.15) is 22.3 Å². The molecule has 0 spiro atoms. The maximum atomic E-state index is 12.5. The summed E-state index contributed by atoms with van der Waals surface area (Å²) in [7, 11) is 1.43. The minimum atomic E-state index is -0.454. The Morgan fingerprint density at radius 2 is 1.77 bits per heavy atom. The SMILES string of the molecule is CN(CC(=O)c1ccc(O)c(O)c1)C(=O)CCN1C(=O)SC(=Cc2ccccc2)C1=O. The van der Waals surface area contributed by atoms with Gasteiger partial charge in [0.25, 0.3) is 11.1 Å². The second-order valence-electron chi connectivity index (χ2n) is 6.87. The lowest BCUT2D eigenvalue weighted by Gasteiger charge is -2.18. The maximum Gasteiger partial charge on any atom is 0.293 e. The summed E-state index contributed by atoms with van der Waals surface area (Å²) in [5.74, 6) is -2.07. The van der Waals surface area contributed by atoms with Crippen LogP contribution in [0.15, 0.2) is 53.4 Å². The van der Waals surface area contributed by atoms with E-state index in [9.17, 15) is 29.4 Å². The number of nitrogens with zero attached hydrogens (tertiary/aromatic N) is 2. The van der Waals surface area contributed by atoms with Gasteiger partial charge in [-0.25, -0.2) is 0 Å². The van der Waals surface area contributed by atoms with Crippen molar-refractivity contribution in [3.05, 3.63) is 64.6 Å². The molecular formula is C22H20N2O6S. The summed E-state index contributed by atoms with van der Waals surface area (Å²) < 4.78 is 0. The van der Waals surface area contributed by atoms with Gasteiger partial charge in [0.2, 0.25) is 5.91 Å². The molecule has 0 radical (unpaired) electrons. The van der Waals surface area contributed by atoms with Crippen LogP contribution < -0.4 is 0 Å². The molecule has 160 valence electrons. The Kier molecular flexibility index (Phi) is 6.76. The Balaban J connectivity index is 1.56. The fourth-order valence-corrected chi connectivity index (χ4v) is 3.75. The summed E-state index contributed by atoms with van der Waals surface area (Å²) in [4.78, 5) is 51.9. The number of phenolic OH excluding ortho intramolecular Hbond substituents is 2. The van der Waals surface area contributed by atoms with E-state index in [1.165, 1.54) is 24.1 Å². The molecule has 0 saturated carbocycles. The molecule has 1 heterocycles. The molecule has 31 heavy (non-hydrogen) atoms. The van der Waals surface area contributed by atoms with Gasteiger partial charge < -0.3 is 15.1 Å². The van der Waals surface area contributed by atoms with Gasteiger partial charge in [-0.1, -0.05) is 30.3 Å². The van der Waals surface area contributed by atoms with Crippen molar-refractivity contribution in [3.63, 3.8) is 0 Å². The number of carbonyl (C=O) groups is 4. The van der Waals surface area contributed by atoms with E-state index >= 15 is 0 Å². The first-order valence-corrected chi connectivity index (χ1v) is 10.2. The molecule has 1 fully saturated rings. The zero-order valence-electron chi connectivity index (χ0n) is 16.6. The number of benzene rings is 2. The van der Waals surface area contributed by atoms with Gasteiger partial charge in [0.15, 0.2) is 17.3 Å². The van der Waals surface area contributed by atoms with E-state index in [2.05, 4.69) is 0 Å². The van der Waals surface area contributed by atoms with Crippen LogP contribution in [-0.4, -0.2) is 63.0 Å². The van der Waals surface area contributed by atoms with Crippen molar-refractivity contribution >= 4 is 40.7 Å². The molecule has 0 aliphatic carbocycles. The molecule has 0 atom stereocenters. The van der Waals surface area contributed by atoms with Crippen LogP contribution in [0.4, 0.5) is 4.79 Å². The molecular weight excluding hydrogens is 420 g/mol. The van der Waals surface area contributed by atoms with Crippen LogP contribution in [-0.2, 0) is 9.59 Å². The number of thioether (sulfide) groups is 1. The largest absolute Gasteiger partial charge is 0.504 e. The number of ketones is 1. The smallest absolute Gasteiger partial charge is 0.293 e. The van der Waals surface area contributed by atoms with Crippen molar-refractivity contribution in [2.24, 2.45) is 0 Å². The lowest BCUT2D eigenvalue weighted by molar-refractivity contribution is -0.130. The molecule has 1 saturated heterocycles. The fourth-order valence-electron chi connectivity index (χ4n) is 2.88. The lowest BCUT2D eigenvalue weighted by atomic mass is 10.1. The minimum absolute atomic E-state index is 0.0891. The van der Waals surface area contributed by atoms with Crippen LogP contribution in [0.5, 0.6) is 11.5 Å². The van der Waals surface area contributed by atoms with Crippen LogP contribution in [0.2, 0.25) is 0 Å². The Morgan fingerprint density at radius 3 is 2.45 bits per heavy atom. The Bertz CT molecular complexity index is 1070. The van der Waals surface area contributed by atoms with Crippen LogP contribution in [0.25, 0.3) is 6.08 Å². The van der Waals surface area contributed by atoms with Crippen LogP contribution in [0, 0.1) is 0 Å². The molecule has 0 bridgehead atoms. The average molecular weight is 440 g/mol. The van der Waals surface area contributed by atoms with E-state index in [0.717, 1.165) is 28.3 Å². The molecule has 0 aromatic heterocycles. The standard InChI is InChI=1S/C22H20N2O6S/c1-23(13-18(27)15-7-8-16(25)17(26)12-15)20(28)9-10-24-21(29)19(31-22(24)30)11-14-5-3-2-4-6-14/h2-8,11-12,25-26H,9-10,13H2,1H3. The van der Waals surface area contributed by atoms with Gasteiger partial charge in [0.05, 0.1) is 11.4 Å². The number of amides is 3. The zero-order valence-corrected chi connectivity index (χ0v) is 17.5. The number of likely N-dealkylation sites (N-methyl/N-ethyl adjacent to an activating group) is 1. The normalized spacial score (nSPS) is 14.9. The Morgan fingerprint density at radius 1 is 1.06 bits per heavy atom. The molecule has 0 unspecified atom stereocenters. The van der Waals surface area contributed by atoms with Crippen molar-refractivity contribution in [2.45, 2.75) is 6.42 Å². The van der Waals surface area contributed by atoms with Gasteiger partial charge in [0, 0.05) is 25.6 Å². The highest BCUT2D eigenvalue weighted by atomic mass is 32.2. The van der Waals surface area contributed by atoms with E-state index in [-0.39, 0.29) is 30.8 Å². The summed E-state index contributed by atoms with van der Waals surface area (Å²) in [5, 5.41) is 18.4. The summed E-state index contributed by atoms with van der Waals surface area (Å²) in [6.07, 6.45) is 1.51. The first kappa shape index (κ1) is 22.1. The predicted molar refractivity (Wildman–Crippen MR) is 115 cm³/mol. The Labute approximate surface area is 182 Å². The third-order valence-electron chi connectivity index (χ3n) is 4.62. The third-order valence-corrected chi connectivity index (χ3v) is 5.53. The monoisotopic (exact) mass is 440 g/mol. The first-order chi connectivity index (χ1) is 14.8. The van der Waals surface area contributed by atoms with E-state index in [1.54, 1.807) is 6.08 Å². The first-order valence-electron chi connectivity index (χ1n) is 9.36. The van der Waals surface area contributed by atoms with E-state index in [4.69, 9.17) is 0 Å². The van der Waals surface area contributed by atoms with Gasteiger partial charge in [-0.15, -0.1) is 0 Å². The minimum Gasteiger partial charge on any atom is -0.504 e. The topological polar surface area (TPSA) is 115 Å². The molecule has 8 nitrogen and oxygen atoms in total. The molecule has 3 rings (SSSR count). The zero-order chi connectivity index (χ0) is 22.5. The molecule has 2 aromatic rings. The summed E-state index contributed by atoms with van der Waals surface area (Å²) in [6, 6.07) is 12.8. The second-order valence-corrected chi connectivity index (χ2v) is 7.86. The van der Waals surface area contributed by atoms with E-state index in [0.29, 0.717) is 4.91 Å². The molecule has 3 amide bonds. The van der Waals surface area contributed by atoms with Gasteiger partial charge in [0.1, 0.15) is 0 Å². The van der Waals surface area contributed by atoms with Gasteiger partial charge in [-0.3, -0.25) is 24.1 Å². The summed E-state index contributed by atoms with van der Waals surface area (Å²) in [5.41, 5.74) is 0.939.